The molecule has 0 saturated carbocycles. The van der Waals surface area contributed by atoms with Gasteiger partial charge in [0.15, 0.2) is 0 Å². The normalized spacial score (nSPS) is 10.0. The van der Waals surface area contributed by atoms with Gasteiger partial charge in [0.25, 0.3) is 0 Å². The summed E-state index contributed by atoms with van der Waals surface area (Å²) in [5, 5.41) is 0. The van der Waals surface area contributed by atoms with E-state index in [4.69, 9.17) is 0 Å². The Bertz CT molecular complexity index is 98.6. The van der Waals surface area contributed by atoms with Gasteiger partial charge in [0.05, 0.1) is 0 Å². The number of hydrogen-bond acceptors (Lipinski definition) is 0. The van der Waals surface area contributed by atoms with Crippen LogP contribution in [0.4, 0.5) is 0 Å². The molecule has 0 aromatic carbocycles. The highest BCUT2D eigenvalue weighted by atomic mass is 13.9. The Kier molecular flexibility index (Phi) is 14.5. The van der Waals surface area contributed by atoms with Crippen LogP contribution in [-0.4, -0.2) is 0 Å². The molecule has 0 aliphatic carbocycles. The van der Waals surface area contributed by atoms with E-state index >= 15 is 0 Å². The highest BCUT2D eigenvalue weighted by molar-refractivity contribution is 5.07. The predicted octanol–water partition coefficient (Wildman–Crippen LogP) is 4.34. The fourth-order valence-electron chi connectivity index (χ4n) is 0.679. The van der Waals surface area contributed by atoms with Gasteiger partial charge in [-0.1, -0.05) is 57.9 Å². The van der Waals surface area contributed by atoms with Gasteiger partial charge in [-0.25, -0.2) is 0 Å². The second-order valence-corrected chi connectivity index (χ2v) is 2.71. The lowest BCUT2D eigenvalue weighted by Crippen LogP contribution is -1.71. The average molecular weight is 154 g/mol. The predicted molar refractivity (Wildman–Crippen MR) is 54.8 cm³/mol. The van der Waals surface area contributed by atoms with Crippen LogP contribution in [0.3, 0.4) is 0 Å². The Labute approximate surface area is 72.0 Å². The van der Waals surface area contributed by atoms with Gasteiger partial charge in [0, 0.05) is 0 Å². The summed E-state index contributed by atoms with van der Waals surface area (Å²) in [5.41, 5.74) is 1.42. The molecular weight excluding hydrogens is 132 g/mol. The highest BCUT2D eigenvalue weighted by Crippen LogP contribution is 2.01. The zero-order valence-electron chi connectivity index (χ0n) is 8.48. The van der Waals surface area contributed by atoms with E-state index in [9.17, 15) is 0 Å². The fourth-order valence-corrected chi connectivity index (χ4v) is 0.679. The molecule has 0 spiro atoms. The molecule has 0 aromatic rings. The van der Waals surface area contributed by atoms with Crippen molar-refractivity contribution in [3.63, 3.8) is 0 Å². The van der Waals surface area contributed by atoms with E-state index in [1.54, 1.807) is 0 Å². The van der Waals surface area contributed by atoms with E-state index in [0.717, 1.165) is 0 Å². The maximum atomic E-state index is 3.61. The van der Waals surface area contributed by atoms with Gasteiger partial charge in [0.1, 0.15) is 0 Å². The molecule has 0 aromatic heterocycles. The molecule has 0 aliphatic rings. The third kappa shape index (κ3) is 17.7. The van der Waals surface area contributed by atoms with E-state index in [1.807, 2.05) is 6.08 Å². The van der Waals surface area contributed by atoms with E-state index in [0.29, 0.717) is 0 Å². The third-order valence-corrected chi connectivity index (χ3v) is 1.05. The van der Waals surface area contributed by atoms with Crippen LogP contribution in [-0.2, 0) is 0 Å². The Morgan fingerprint density at radius 2 is 1.73 bits per heavy atom. The summed E-state index contributed by atoms with van der Waals surface area (Å²) in [4.78, 5) is 0. The van der Waals surface area contributed by atoms with Gasteiger partial charge in [-0.2, -0.15) is 0 Å². The minimum atomic E-state index is 1.20. The average Bonchev–Trinajstić information content (AvgIpc) is 1.90. The van der Waals surface area contributed by atoms with Crippen LogP contribution in [0.1, 0.15) is 47.0 Å². The van der Waals surface area contributed by atoms with Gasteiger partial charge in [-0.3, -0.25) is 0 Å². The van der Waals surface area contributed by atoms with Crippen molar-refractivity contribution in [1.82, 2.24) is 0 Å². The molecule has 0 fully saturated rings. The van der Waals surface area contributed by atoms with Crippen molar-refractivity contribution in [1.29, 1.82) is 0 Å². The monoisotopic (exact) mass is 154 g/mol. The molecule has 0 amide bonds. The molecule has 0 atom stereocenters. The first-order valence-electron chi connectivity index (χ1n) is 4.51. The lowest BCUT2D eigenvalue weighted by atomic mass is 10.2. The molecule has 0 N–H and O–H groups in total. The molecule has 66 valence electrons. The minimum Gasteiger partial charge on any atom is -0.0991 e. The summed E-state index contributed by atoms with van der Waals surface area (Å²) in [5.74, 6) is 0. The van der Waals surface area contributed by atoms with E-state index in [1.165, 1.54) is 24.8 Å². The largest absolute Gasteiger partial charge is 0.0991 e. The molecule has 0 aliphatic heterocycles. The quantitative estimate of drug-likeness (QED) is 0.531. The summed E-state index contributed by atoms with van der Waals surface area (Å²) in [6, 6.07) is 0. The molecular formula is C11H22. The van der Waals surface area contributed by atoms with Crippen LogP contribution >= 0.6 is 0 Å². The van der Waals surface area contributed by atoms with Gasteiger partial charge in [-0.15, -0.1) is 0 Å². The molecule has 0 bridgehead atoms. The van der Waals surface area contributed by atoms with Crippen LogP contribution in [0, 0.1) is 0 Å². The van der Waals surface area contributed by atoms with Crippen LogP contribution in [0.5, 0.6) is 0 Å². The van der Waals surface area contributed by atoms with Gasteiger partial charge in [-0.05, 0) is 13.3 Å². The molecule has 0 unspecified atom stereocenters. The van der Waals surface area contributed by atoms with Crippen molar-refractivity contribution in [3.8, 4) is 0 Å². The fraction of sp³-hybridized carbons (Fsp3) is 0.636. The van der Waals surface area contributed by atoms with E-state index in [2.05, 4.69) is 40.3 Å². The summed E-state index contributed by atoms with van der Waals surface area (Å²) < 4.78 is 0. The maximum absolute atomic E-state index is 3.61. The van der Waals surface area contributed by atoms with Crippen molar-refractivity contribution in [2.75, 3.05) is 0 Å². The maximum Gasteiger partial charge on any atom is -0.0323 e. The van der Waals surface area contributed by atoms with Gasteiger partial charge in [0.2, 0.25) is 0 Å². The van der Waals surface area contributed by atoms with Crippen molar-refractivity contribution < 1.29 is 0 Å². The number of hydrogen-bond donors (Lipinski definition) is 0. The Morgan fingerprint density at radius 3 is 2.00 bits per heavy atom. The van der Waals surface area contributed by atoms with Gasteiger partial charge < -0.3 is 0 Å². The standard InChI is InChI=1S/C8H14.C3H8/c1-4-6-8(3)7-5-2;1-3-2/h4,6H,1,5,7H2,2-3H3;3H2,1-2H3/b8-6+;. The Morgan fingerprint density at radius 1 is 1.27 bits per heavy atom. The van der Waals surface area contributed by atoms with Crippen LogP contribution in [0.25, 0.3) is 0 Å². The minimum absolute atomic E-state index is 1.20. The Balaban J connectivity index is 0. The third-order valence-electron chi connectivity index (χ3n) is 1.05. The topological polar surface area (TPSA) is 0 Å². The van der Waals surface area contributed by atoms with Crippen LogP contribution < -0.4 is 0 Å². The first-order valence-corrected chi connectivity index (χ1v) is 4.51. The molecule has 11 heavy (non-hydrogen) atoms. The summed E-state index contributed by atoms with van der Waals surface area (Å²) in [6.07, 6.45) is 7.58. The van der Waals surface area contributed by atoms with Crippen molar-refractivity contribution in [2.24, 2.45) is 0 Å². The lowest BCUT2D eigenvalue weighted by Gasteiger charge is -1.91. The van der Waals surface area contributed by atoms with E-state index < -0.39 is 0 Å². The molecule has 0 rings (SSSR count). The molecule has 0 heteroatoms. The zero-order chi connectivity index (χ0) is 9.11. The summed E-state index contributed by atoms with van der Waals surface area (Å²) in [6.45, 7) is 12.2. The van der Waals surface area contributed by atoms with Crippen molar-refractivity contribution >= 4 is 0 Å². The number of allylic oxidation sites excluding steroid dienone is 3. The second kappa shape index (κ2) is 12.2. The second-order valence-electron chi connectivity index (χ2n) is 2.71. The Hall–Kier alpha value is -0.520. The van der Waals surface area contributed by atoms with E-state index in [-0.39, 0.29) is 0 Å². The zero-order valence-corrected chi connectivity index (χ0v) is 8.48. The molecule has 0 saturated heterocycles. The van der Waals surface area contributed by atoms with Crippen molar-refractivity contribution in [2.45, 2.75) is 47.0 Å². The highest BCUT2D eigenvalue weighted by Gasteiger charge is 1.80. The molecule has 0 heterocycles. The summed E-state index contributed by atoms with van der Waals surface area (Å²) >= 11 is 0. The molecule has 0 radical (unpaired) electrons. The smallest absolute Gasteiger partial charge is 0.0323 e. The SMILES string of the molecule is C=C/C=C(\C)CCC.CCC. The van der Waals surface area contributed by atoms with Crippen molar-refractivity contribution in [3.05, 3.63) is 24.3 Å². The number of rotatable bonds is 3. The van der Waals surface area contributed by atoms with Crippen LogP contribution in [0.2, 0.25) is 0 Å². The first kappa shape index (κ1) is 13.1. The summed E-state index contributed by atoms with van der Waals surface area (Å²) in [7, 11) is 0. The van der Waals surface area contributed by atoms with Crippen LogP contribution in [0.15, 0.2) is 24.3 Å². The van der Waals surface area contributed by atoms with Gasteiger partial charge >= 0.3 is 0 Å². The molecule has 0 nitrogen and oxygen atoms in total. The lowest BCUT2D eigenvalue weighted by molar-refractivity contribution is 0.906. The first-order chi connectivity index (χ1) is 5.22.